The van der Waals surface area contributed by atoms with Gasteiger partial charge in [0.2, 0.25) is 0 Å². The molecule has 88 valence electrons. The van der Waals surface area contributed by atoms with Crippen LogP contribution in [0.4, 0.5) is 0 Å². The molecule has 0 spiro atoms. The summed E-state index contributed by atoms with van der Waals surface area (Å²) in [4.78, 5) is 0. The number of aryl methyl sites for hydroxylation is 1. The summed E-state index contributed by atoms with van der Waals surface area (Å²) in [7, 11) is 0. The monoisotopic (exact) mass is 226 g/mol. The van der Waals surface area contributed by atoms with Crippen LogP contribution in [-0.2, 0) is 6.42 Å². The van der Waals surface area contributed by atoms with E-state index in [1.165, 1.54) is 12.0 Å². The highest BCUT2D eigenvalue weighted by Crippen LogP contribution is 2.10. The first-order valence-electron chi connectivity index (χ1n) is 6.17. The molecule has 0 radical (unpaired) electrons. The summed E-state index contributed by atoms with van der Waals surface area (Å²) in [5.74, 6) is 0.965. The molecular weight excluding hydrogens is 208 g/mol. The van der Waals surface area contributed by atoms with Crippen LogP contribution in [0.25, 0.3) is 0 Å². The molecular formula is C16H18O. The minimum atomic E-state index is 0.802. The van der Waals surface area contributed by atoms with E-state index in [0.29, 0.717) is 0 Å². The maximum atomic E-state index is 5.64. The first kappa shape index (κ1) is 11.7. The molecule has 0 fully saturated rings. The average molecular weight is 226 g/mol. The van der Waals surface area contributed by atoms with Crippen molar-refractivity contribution >= 4 is 0 Å². The number of para-hydroxylation sites is 1. The lowest BCUT2D eigenvalue weighted by Crippen LogP contribution is -1.98. The SMILES string of the molecule is c1ccc(CCCCOc2ccccc2)cc1. The third-order valence-corrected chi connectivity index (χ3v) is 2.71. The third-order valence-electron chi connectivity index (χ3n) is 2.71. The quantitative estimate of drug-likeness (QED) is 0.674. The summed E-state index contributed by atoms with van der Waals surface area (Å²) in [6.45, 7) is 0.802. The number of rotatable bonds is 6. The lowest BCUT2D eigenvalue weighted by atomic mass is 10.1. The Labute approximate surface area is 103 Å². The summed E-state index contributed by atoms with van der Waals surface area (Å²) >= 11 is 0. The number of hydrogen-bond acceptors (Lipinski definition) is 1. The topological polar surface area (TPSA) is 9.23 Å². The van der Waals surface area contributed by atoms with E-state index in [-0.39, 0.29) is 0 Å². The molecule has 0 unspecified atom stereocenters. The maximum absolute atomic E-state index is 5.64. The van der Waals surface area contributed by atoms with E-state index >= 15 is 0 Å². The Kier molecular flexibility index (Phi) is 4.65. The molecule has 0 aromatic heterocycles. The van der Waals surface area contributed by atoms with E-state index < -0.39 is 0 Å². The minimum absolute atomic E-state index is 0.802. The van der Waals surface area contributed by atoms with E-state index in [2.05, 4.69) is 30.3 Å². The van der Waals surface area contributed by atoms with Crippen molar-refractivity contribution in [3.63, 3.8) is 0 Å². The van der Waals surface area contributed by atoms with Gasteiger partial charge in [-0.2, -0.15) is 0 Å². The lowest BCUT2D eigenvalue weighted by molar-refractivity contribution is 0.307. The summed E-state index contributed by atoms with van der Waals surface area (Å²) < 4.78 is 5.64. The molecule has 0 N–H and O–H groups in total. The molecule has 0 heterocycles. The number of ether oxygens (including phenoxy) is 1. The zero-order valence-corrected chi connectivity index (χ0v) is 10.0. The number of hydrogen-bond donors (Lipinski definition) is 0. The standard InChI is InChI=1S/C16H18O/c1-3-9-15(10-4-1)11-7-8-14-17-16-12-5-2-6-13-16/h1-6,9-10,12-13H,7-8,11,14H2. The Morgan fingerprint density at radius 2 is 1.35 bits per heavy atom. The van der Waals surface area contributed by atoms with Crippen LogP contribution in [0.15, 0.2) is 60.7 Å². The Morgan fingerprint density at radius 3 is 2.06 bits per heavy atom. The van der Waals surface area contributed by atoms with Gasteiger partial charge in [0.05, 0.1) is 6.61 Å². The smallest absolute Gasteiger partial charge is 0.119 e. The van der Waals surface area contributed by atoms with Crippen LogP contribution in [0.5, 0.6) is 5.75 Å². The van der Waals surface area contributed by atoms with Crippen LogP contribution in [0, 0.1) is 0 Å². The van der Waals surface area contributed by atoms with Crippen molar-refractivity contribution in [2.45, 2.75) is 19.3 Å². The first-order chi connectivity index (χ1) is 8.45. The highest BCUT2D eigenvalue weighted by molar-refractivity contribution is 5.20. The molecule has 2 aromatic rings. The van der Waals surface area contributed by atoms with Gasteiger partial charge in [-0.25, -0.2) is 0 Å². The van der Waals surface area contributed by atoms with Gasteiger partial charge in [-0.15, -0.1) is 0 Å². The van der Waals surface area contributed by atoms with Gasteiger partial charge in [-0.1, -0.05) is 48.5 Å². The third kappa shape index (κ3) is 4.31. The van der Waals surface area contributed by atoms with Crippen LogP contribution >= 0.6 is 0 Å². The van der Waals surface area contributed by atoms with Gasteiger partial charge < -0.3 is 4.74 Å². The molecule has 1 heteroatoms. The lowest BCUT2D eigenvalue weighted by Gasteiger charge is -2.05. The van der Waals surface area contributed by atoms with E-state index in [0.717, 1.165) is 25.2 Å². The van der Waals surface area contributed by atoms with Crippen LogP contribution in [-0.4, -0.2) is 6.61 Å². The predicted octanol–water partition coefficient (Wildman–Crippen LogP) is 4.09. The molecule has 2 rings (SSSR count). The molecule has 0 saturated heterocycles. The fourth-order valence-electron chi connectivity index (χ4n) is 1.78. The summed E-state index contributed by atoms with van der Waals surface area (Å²) in [5, 5.41) is 0. The molecule has 0 aliphatic rings. The second-order valence-corrected chi connectivity index (χ2v) is 4.10. The van der Waals surface area contributed by atoms with Crippen molar-refractivity contribution in [1.82, 2.24) is 0 Å². The molecule has 0 atom stereocenters. The number of unbranched alkanes of at least 4 members (excludes halogenated alkanes) is 1. The second kappa shape index (κ2) is 6.74. The molecule has 2 aromatic carbocycles. The Balaban J connectivity index is 1.61. The van der Waals surface area contributed by atoms with Gasteiger partial charge in [0.25, 0.3) is 0 Å². The van der Waals surface area contributed by atoms with Gasteiger partial charge in [0, 0.05) is 0 Å². The van der Waals surface area contributed by atoms with E-state index in [9.17, 15) is 0 Å². The highest BCUT2D eigenvalue weighted by atomic mass is 16.5. The molecule has 1 nitrogen and oxygen atoms in total. The molecule has 0 aliphatic carbocycles. The molecule has 0 aliphatic heterocycles. The maximum Gasteiger partial charge on any atom is 0.119 e. The van der Waals surface area contributed by atoms with Crippen molar-refractivity contribution in [2.75, 3.05) is 6.61 Å². The van der Waals surface area contributed by atoms with Crippen LogP contribution < -0.4 is 4.74 Å². The van der Waals surface area contributed by atoms with Crippen molar-refractivity contribution in [2.24, 2.45) is 0 Å². The van der Waals surface area contributed by atoms with Gasteiger partial charge >= 0.3 is 0 Å². The van der Waals surface area contributed by atoms with E-state index in [4.69, 9.17) is 4.74 Å². The van der Waals surface area contributed by atoms with Crippen molar-refractivity contribution < 1.29 is 4.74 Å². The van der Waals surface area contributed by atoms with Gasteiger partial charge in [-0.3, -0.25) is 0 Å². The van der Waals surface area contributed by atoms with E-state index in [1.54, 1.807) is 0 Å². The summed E-state index contributed by atoms with van der Waals surface area (Å²) in [6, 6.07) is 20.6. The zero-order valence-electron chi connectivity index (χ0n) is 10.0. The fraction of sp³-hybridized carbons (Fsp3) is 0.250. The first-order valence-corrected chi connectivity index (χ1v) is 6.17. The van der Waals surface area contributed by atoms with Crippen LogP contribution in [0.3, 0.4) is 0 Å². The predicted molar refractivity (Wildman–Crippen MR) is 71.3 cm³/mol. The average Bonchev–Trinajstić information content (AvgIpc) is 2.41. The Bertz CT molecular complexity index is 367. The van der Waals surface area contributed by atoms with Crippen molar-refractivity contribution in [3.8, 4) is 5.75 Å². The zero-order chi connectivity index (χ0) is 11.8. The highest BCUT2D eigenvalue weighted by Gasteiger charge is 1.94. The van der Waals surface area contributed by atoms with Gasteiger partial charge in [0.1, 0.15) is 5.75 Å². The van der Waals surface area contributed by atoms with Crippen molar-refractivity contribution in [1.29, 1.82) is 0 Å². The molecule has 0 bridgehead atoms. The largest absolute Gasteiger partial charge is 0.494 e. The van der Waals surface area contributed by atoms with Gasteiger partial charge in [-0.05, 0) is 37.0 Å². The fourth-order valence-corrected chi connectivity index (χ4v) is 1.78. The molecule has 17 heavy (non-hydrogen) atoms. The van der Waals surface area contributed by atoms with Crippen molar-refractivity contribution in [3.05, 3.63) is 66.2 Å². The minimum Gasteiger partial charge on any atom is -0.494 e. The summed E-state index contributed by atoms with van der Waals surface area (Å²) in [6.07, 6.45) is 3.42. The molecule has 0 saturated carbocycles. The van der Waals surface area contributed by atoms with Gasteiger partial charge in [0.15, 0.2) is 0 Å². The summed E-state index contributed by atoms with van der Waals surface area (Å²) in [5.41, 5.74) is 1.41. The Morgan fingerprint density at radius 1 is 0.706 bits per heavy atom. The Hall–Kier alpha value is -1.76. The van der Waals surface area contributed by atoms with Crippen LogP contribution in [0.1, 0.15) is 18.4 Å². The molecule has 0 amide bonds. The van der Waals surface area contributed by atoms with Crippen LogP contribution in [0.2, 0.25) is 0 Å². The van der Waals surface area contributed by atoms with E-state index in [1.807, 2.05) is 30.3 Å². The second-order valence-electron chi connectivity index (χ2n) is 4.10. The number of benzene rings is 2. The normalized spacial score (nSPS) is 10.1.